The molecule has 1 amide bonds. The lowest BCUT2D eigenvalue weighted by Gasteiger charge is -2.31. The summed E-state index contributed by atoms with van der Waals surface area (Å²) in [6, 6.07) is 5.14. The van der Waals surface area contributed by atoms with Gasteiger partial charge in [-0.05, 0) is 30.5 Å². The lowest BCUT2D eigenvalue weighted by atomic mass is 9.95. The van der Waals surface area contributed by atoms with Crippen LogP contribution in [0.3, 0.4) is 0 Å². The number of carbonyl (C=O) groups is 2. The summed E-state index contributed by atoms with van der Waals surface area (Å²) in [5, 5.41) is 9.17. The first kappa shape index (κ1) is 12.6. The van der Waals surface area contributed by atoms with E-state index in [0.29, 0.717) is 12.1 Å². The van der Waals surface area contributed by atoms with Gasteiger partial charge in [0.25, 0.3) is 0 Å². The number of fused-ring (bicyclic) bond motifs is 1. The Bertz CT molecular complexity index is 494. The highest BCUT2D eigenvalue weighted by molar-refractivity contribution is 5.99. The van der Waals surface area contributed by atoms with Crippen molar-refractivity contribution in [2.75, 3.05) is 11.4 Å². The molecule has 0 radical (unpaired) electrons. The average Bonchev–Trinajstić information content (AvgIpc) is 2.36. The molecular formula is C14H17NO3. The predicted octanol–water partition coefficient (Wildman–Crippen LogP) is 2.32. The van der Waals surface area contributed by atoms with Crippen LogP contribution >= 0.6 is 0 Å². The molecule has 96 valence electrons. The van der Waals surface area contributed by atoms with Crippen molar-refractivity contribution in [3.8, 4) is 0 Å². The monoisotopic (exact) mass is 247 g/mol. The number of carbonyl (C=O) groups excluding carboxylic acids is 1. The van der Waals surface area contributed by atoms with Crippen LogP contribution in [0.2, 0.25) is 0 Å². The van der Waals surface area contributed by atoms with Crippen LogP contribution in [-0.2, 0) is 11.2 Å². The topological polar surface area (TPSA) is 57.6 Å². The fraction of sp³-hybridized carbons (Fsp3) is 0.429. The number of aromatic carboxylic acids is 1. The van der Waals surface area contributed by atoms with Gasteiger partial charge < -0.3 is 10.0 Å². The summed E-state index contributed by atoms with van der Waals surface area (Å²) in [5.41, 5.74) is 1.86. The molecule has 1 heterocycles. The Morgan fingerprint density at radius 2 is 2.06 bits per heavy atom. The first-order valence-corrected chi connectivity index (χ1v) is 6.19. The molecule has 18 heavy (non-hydrogen) atoms. The van der Waals surface area contributed by atoms with Crippen LogP contribution in [0.15, 0.2) is 18.2 Å². The Morgan fingerprint density at radius 1 is 1.33 bits per heavy atom. The van der Waals surface area contributed by atoms with E-state index in [-0.39, 0.29) is 11.8 Å². The molecule has 4 heteroatoms. The quantitative estimate of drug-likeness (QED) is 0.872. The zero-order valence-corrected chi connectivity index (χ0v) is 10.6. The Labute approximate surface area is 106 Å². The van der Waals surface area contributed by atoms with E-state index in [1.807, 2.05) is 19.9 Å². The van der Waals surface area contributed by atoms with Gasteiger partial charge in [-0.15, -0.1) is 0 Å². The third-order valence-corrected chi connectivity index (χ3v) is 3.24. The number of benzene rings is 1. The number of nitrogens with zero attached hydrogens (tertiary/aromatic N) is 1. The summed E-state index contributed by atoms with van der Waals surface area (Å²) in [6.07, 6.45) is 1.54. The maximum Gasteiger partial charge on any atom is 0.336 e. The van der Waals surface area contributed by atoms with E-state index in [1.54, 1.807) is 17.0 Å². The van der Waals surface area contributed by atoms with Crippen molar-refractivity contribution in [2.24, 2.45) is 5.92 Å². The summed E-state index contributed by atoms with van der Waals surface area (Å²) in [4.78, 5) is 25.0. The molecule has 0 aliphatic carbocycles. The summed E-state index contributed by atoms with van der Waals surface area (Å²) in [6.45, 7) is 4.39. The Kier molecular flexibility index (Phi) is 3.36. The molecule has 0 unspecified atom stereocenters. The predicted molar refractivity (Wildman–Crippen MR) is 68.9 cm³/mol. The zero-order valence-electron chi connectivity index (χ0n) is 10.6. The van der Waals surface area contributed by atoms with Crippen LogP contribution < -0.4 is 4.90 Å². The minimum Gasteiger partial charge on any atom is -0.478 e. The van der Waals surface area contributed by atoms with Gasteiger partial charge in [0.15, 0.2) is 0 Å². The summed E-state index contributed by atoms with van der Waals surface area (Å²) in [7, 11) is 0. The van der Waals surface area contributed by atoms with Crippen LogP contribution in [0, 0.1) is 5.92 Å². The highest BCUT2D eigenvalue weighted by Gasteiger charge is 2.26. The summed E-state index contributed by atoms with van der Waals surface area (Å²) in [5.74, 6) is -0.950. The first-order chi connectivity index (χ1) is 8.52. The molecule has 1 N–H and O–H groups in total. The maximum atomic E-state index is 12.1. The second-order valence-corrected chi connectivity index (χ2v) is 4.86. The third-order valence-electron chi connectivity index (χ3n) is 3.24. The third kappa shape index (κ3) is 2.10. The van der Waals surface area contributed by atoms with Crippen LogP contribution in [0.1, 0.15) is 36.2 Å². The molecule has 0 aromatic heterocycles. The Morgan fingerprint density at radius 3 is 2.67 bits per heavy atom. The average molecular weight is 247 g/mol. The van der Waals surface area contributed by atoms with E-state index in [1.165, 1.54) is 0 Å². The van der Waals surface area contributed by atoms with Crippen LogP contribution in [0.4, 0.5) is 5.69 Å². The molecule has 0 fully saturated rings. The molecular weight excluding hydrogens is 230 g/mol. The number of anilines is 1. The van der Waals surface area contributed by atoms with Crippen LogP contribution in [0.5, 0.6) is 0 Å². The van der Waals surface area contributed by atoms with E-state index in [9.17, 15) is 14.7 Å². The number of hydrogen-bond acceptors (Lipinski definition) is 2. The maximum absolute atomic E-state index is 12.1. The largest absolute Gasteiger partial charge is 0.478 e. The molecule has 0 bridgehead atoms. The number of rotatable bonds is 2. The van der Waals surface area contributed by atoms with Crippen molar-refractivity contribution in [2.45, 2.75) is 26.7 Å². The van der Waals surface area contributed by atoms with E-state index >= 15 is 0 Å². The van der Waals surface area contributed by atoms with Crippen molar-refractivity contribution in [3.05, 3.63) is 29.3 Å². The molecule has 1 aliphatic rings. The summed E-state index contributed by atoms with van der Waals surface area (Å²) < 4.78 is 0. The van der Waals surface area contributed by atoms with E-state index in [4.69, 9.17) is 0 Å². The van der Waals surface area contributed by atoms with Gasteiger partial charge in [0.1, 0.15) is 0 Å². The molecule has 0 saturated carbocycles. The molecule has 1 aromatic carbocycles. The number of carboxylic acids is 1. The van der Waals surface area contributed by atoms with E-state index in [2.05, 4.69) is 0 Å². The zero-order chi connectivity index (χ0) is 13.3. The molecule has 0 spiro atoms. The number of carboxylic acid groups (broad SMARTS) is 1. The van der Waals surface area contributed by atoms with Crippen molar-refractivity contribution in [1.82, 2.24) is 0 Å². The van der Waals surface area contributed by atoms with Crippen LogP contribution in [-0.4, -0.2) is 23.5 Å². The van der Waals surface area contributed by atoms with Gasteiger partial charge >= 0.3 is 5.97 Å². The standard InChI is InChI=1S/C14H17NO3/c1-9(2)13(16)15-8-4-6-10-11(14(17)18)5-3-7-12(10)15/h3,5,7,9H,4,6,8H2,1-2H3,(H,17,18). The Balaban J connectivity index is 2.48. The molecule has 1 aliphatic heterocycles. The summed E-state index contributed by atoms with van der Waals surface area (Å²) >= 11 is 0. The van der Waals surface area contributed by atoms with Gasteiger partial charge in [-0.2, -0.15) is 0 Å². The Hall–Kier alpha value is -1.84. The highest BCUT2D eigenvalue weighted by atomic mass is 16.4. The van der Waals surface area contributed by atoms with Gasteiger partial charge in [-0.3, -0.25) is 4.79 Å². The lowest BCUT2D eigenvalue weighted by molar-refractivity contribution is -0.121. The fourth-order valence-corrected chi connectivity index (χ4v) is 2.37. The fourth-order valence-electron chi connectivity index (χ4n) is 2.37. The number of hydrogen-bond donors (Lipinski definition) is 1. The second-order valence-electron chi connectivity index (χ2n) is 4.86. The SMILES string of the molecule is CC(C)C(=O)N1CCCc2c(C(=O)O)cccc21. The number of amides is 1. The lowest BCUT2D eigenvalue weighted by Crippen LogP contribution is -2.38. The second kappa shape index (κ2) is 4.80. The van der Waals surface area contributed by atoms with Gasteiger partial charge in [-0.1, -0.05) is 19.9 Å². The minimum absolute atomic E-state index is 0.0542. The molecule has 4 nitrogen and oxygen atoms in total. The normalized spacial score (nSPS) is 14.5. The van der Waals surface area contributed by atoms with Gasteiger partial charge in [0, 0.05) is 18.2 Å². The first-order valence-electron chi connectivity index (χ1n) is 6.19. The van der Waals surface area contributed by atoms with E-state index in [0.717, 1.165) is 24.1 Å². The molecule has 0 atom stereocenters. The van der Waals surface area contributed by atoms with Crippen molar-refractivity contribution in [1.29, 1.82) is 0 Å². The highest BCUT2D eigenvalue weighted by Crippen LogP contribution is 2.30. The molecule has 2 rings (SSSR count). The molecule has 0 saturated heterocycles. The van der Waals surface area contributed by atoms with E-state index < -0.39 is 5.97 Å². The van der Waals surface area contributed by atoms with Crippen molar-refractivity contribution < 1.29 is 14.7 Å². The van der Waals surface area contributed by atoms with Crippen molar-refractivity contribution >= 4 is 17.6 Å². The van der Waals surface area contributed by atoms with Gasteiger partial charge in [-0.25, -0.2) is 4.79 Å². The van der Waals surface area contributed by atoms with Gasteiger partial charge in [0.2, 0.25) is 5.91 Å². The molecule has 1 aromatic rings. The smallest absolute Gasteiger partial charge is 0.336 e. The van der Waals surface area contributed by atoms with Gasteiger partial charge in [0.05, 0.1) is 5.56 Å². The van der Waals surface area contributed by atoms with Crippen LogP contribution in [0.25, 0.3) is 0 Å². The minimum atomic E-state index is -0.925. The van der Waals surface area contributed by atoms with Crippen molar-refractivity contribution in [3.63, 3.8) is 0 Å².